The van der Waals surface area contributed by atoms with Crippen molar-refractivity contribution < 1.29 is 0 Å². The minimum absolute atomic E-state index is 0.481. The van der Waals surface area contributed by atoms with E-state index in [0.717, 1.165) is 16.6 Å². The predicted octanol–water partition coefficient (Wildman–Crippen LogP) is 4.09. The molecule has 1 atom stereocenters. The lowest BCUT2D eigenvalue weighted by molar-refractivity contribution is 0.208. The molecule has 1 unspecified atom stereocenters. The third-order valence-electron chi connectivity index (χ3n) is 3.78. The highest BCUT2D eigenvalue weighted by molar-refractivity contribution is 14.1. The number of halogens is 2. The molecule has 1 N–H and O–H groups in total. The van der Waals surface area contributed by atoms with Crippen molar-refractivity contribution >= 4 is 39.9 Å². The van der Waals surface area contributed by atoms with Gasteiger partial charge in [-0.05, 0) is 86.6 Å². The van der Waals surface area contributed by atoms with E-state index >= 15 is 0 Å². The van der Waals surface area contributed by atoms with E-state index in [9.17, 15) is 0 Å². The molecule has 1 aliphatic rings. The lowest BCUT2D eigenvalue weighted by Crippen LogP contribution is -2.37. The molecule has 1 fully saturated rings. The Bertz CT molecular complexity index is 403. The standard InChI is InChI=1S/C14H20ClIN2/c1-10(11-5-7-18(2)8-6-11)17-14-9-12(16)3-4-13(14)15/h3-4,9-11,17H,5-8H2,1-2H3. The Morgan fingerprint density at radius 3 is 2.72 bits per heavy atom. The van der Waals surface area contributed by atoms with Crippen LogP contribution in [0.3, 0.4) is 0 Å². The Morgan fingerprint density at radius 1 is 1.39 bits per heavy atom. The Kier molecular flexibility index (Phi) is 5.15. The monoisotopic (exact) mass is 378 g/mol. The molecule has 0 radical (unpaired) electrons. The van der Waals surface area contributed by atoms with Crippen molar-refractivity contribution in [2.45, 2.75) is 25.8 Å². The summed E-state index contributed by atoms with van der Waals surface area (Å²) in [5.74, 6) is 0.745. The highest BCUT2D eigenvalue weighted by Crippen LogP contribution is 2.28. The van der Waals surface area contributed by atoms with Gasteiger partial charge in [-0.25, -0.2) is 0 Å². The summed E-state index contributed by atoms with van der Waals surface area (Å²) >= 11 is 8.55. The van der Waals surface area contributed by atoms with Crippen LogP contribution >= 0.6 is 34.2 Å². The quantitative estimate of drug-likeness (QED) is 0.797. The fraction of sp³-hybridized carbons (Fsp3) is 0.571. The Hall–Kier alpha value is -0.000000000000000132. The molecule has 100 valence electrons. The zero-order valence-electron chi connectivity index (χ0n) is 10.9. The molecule has 18 heavy (non-hydrogen) atoms. The summed E-state index contributed by atoms with van der Waals surface area (Å²) in [6.07, 6.45) is 2.54. The first kappa shape index (κ1) is 14.4. The number of benzene rings is 1. The molecule has 1 heterocycles. The summed E-state index contributed by atoms with van der Waals surface area (Å²) in [6.45, 7) is 4.68. The fourth-order valence-electron chi connectivity index (χ4n) is 2.50. The molecule has 2 rings (SSSR count). The predicted molar refractivity (Wildman–Crippen MR) is 87.5 cm³/mol. The van der Waals surface area contributed by atoms with Crippen molar-refractivity contribution in [3.63, 3.8) is 0 Å². The molecule has 1 aromatic carbocycles. The van der Waals surface area contributed by atoms with Gasteiger partial charge in [0.25, 0.3) is 0 Å². The van der Waals surface area contributed by atoms with E-state index in [-0.39, 0.29) is 0 Å². The van der Waals surface area contributed by atoms with Crippen LogP contribution in [0.2, 0.25) is 5.02 Å². The van der Waals surface area contributed by atoms with Crippen LogP contribution in [0.1, 0.15) is 19.8 Å². The van der Waals surface area contributed by atoms with Gasteiger partial charge in [-0.3, -0.25) is 0 Å². The topological polar surface area (TPSA) is 15.3 Å². The minimum Gasteiger partial charge on any atom is -0.381 e. The number of rotatable bonds is 3. The van der Waals surface area contributed by atoms with Gasteiger partial charge in [-0.15, -0.1) is 0 Å². The average Bonchev–Trinajstić information content (AvgIpc) is 2.34. The highest BCUT2D eigenvalue weighted by atomic mass is 127. The molecule has 0 amide bonds. The van der Waals surface area contributed by atoms with Gasteiger partial charge in [0.1, 0.15) is 0 Å². The van der Waals surface area contributed by atoms with Crippen molar-refractivity contribution in [1.82, 2.24) is 4.90 Å². The lowest BCUT2D eigenvalue weighted by atomic mass is 9.90. The number of likely N-dealkylation sites (tertiary alicyclic amines) is 1. The van der Waals surface area contributed by atoms with E-state index in [1.165, 1.54) is 29.5 Å². The minimum atomic E-state index is 0.481. The zero-order valence-corrected chi connectivity index (χ0v) is 13.8. The van der Waals surface area contributed by atoms with Crippen LogP contribution in [0.4, 0.5) is 5.69 Å². The van der Waals surface area contributed by atoms with Crippen LogP contribution in [0.15, 0.2) is 18.2 Å². The van der Waals surface area contributed by atoms with Crippen LogP contribution in [0.25, 0.3) is 0 Å². The molecule has 1 saturated heterocycles. The maximum atomic E-state index is 6.23. The lowest BCUT2D eigenvalue weighted by Gasteiger charge is -2.33. The zero-order chi connectivity index (χ0) is 13.1. The maximum absolute atomic E-state index is 6.23. The molecule has 0 aromatic heterocycles. The molecule has 0 saturated carbocycles. The van der Waals surface area contributed by atoms with E-state index in [1.54, 1.807) is 0 Å². The second-order valence-corrected chi connectivity index (χ2v) is 6.85. The van der Waals surface area contributed by atoms with Crippen LogP contribution < -0.4 is 5.32 Å². The van der Waals surface area contributed by atoms with Crippen molar-refractivity contribution in [2.75, 3.05) is 25.5 Å². The molecule has 0 spiro atoms. The largest absolute Gasteiger partial charge is 0.381 e. The van der Waals surface area contributed by atoms with Crippen molar-refractivity contribution in [3.8, 4) is 0 Å². The van der Waals surface area contributed by atoms with Gasteiger partial charge >= 0.3 is 0 Å². The van der Waals surface area contributed by atoms with Crippen molar-refractivity contribution in [3.05, 3.63) is 26.8 Å². The first-order chi connectivity index (χ1) is 8.56. The Labute approximate surface area is 128 Å². The van der Waals surface area contributed by atoms with Gasteiger partial charge in [0, 0.05) is 9.61 Å². The molecule has 1 aromatic rings. The number of hydrogen-bond donors (Lipinski definition) is 1. The van der Waals surface area contributed by atoms with Gasteiger partial charge in [0.15, 0.2) is 0 Å². The first-order valence-electron chi connectivity index (χ1n) is 6.46. The summed E-state index contributed by atoms with van der Waals surface area (Å²) in [6, 6.07) is 6.60. The van der Waals surface area contributed by atoms with Crippen molar-refractivity contribution in [2.24, 2.45) is 5.92 Å². The van der Waals surface area contributed by atoms with Crippen LogP contribution in [-0.2, 0) is 0 Å². The number of nitrogens with zero attached hydrogens (tertiary/aromatic N) is 1. The smallest absolute Gasteiger partial charge is 0.0638 e. The first-order valence-corrected chi connectivity index (χ1v) is 7.92. The summed E-state index contributed by atoms with van der Waals surface area (Å²) in [4.78, 5) is 2.40. The Balaban J connectivity index is 1.98. The molecule has 4 heteroatoms. The van der Waals surface area contributed by atoms with E-state index in [1.807, 2.05) is 12.1 Å². The van der Waals surface area contributed by atoms with Gasteiger partial charge in [0.05, 0.1) is 10.7 Å². The fourth-order valence-corrected chi connectivity index (χ4v) is 3.16. The van der Waals surface area contributed by atoms with Crippen LogP contribution in [0, 0.1) is 9.49 Å². The molecule has 2 nitrogen and oxygen atoms in total. The number of hydrogen-bond acceptors (Lipinski definition) is 2. The van der Waals surface area contributed by atoms with Crippen LogP contribution in [-0.4, -0.2) is 31.1 Å². The second kappa shape index (κ2) is 6.44. The normalized spacial score (nSPS) is 19.8. The van der Waals surface area contributed by atoms with E-state index in [4.69, 9.17) is 11.6 Å². The van der Waals surface area contributed by atoms with Gasteiger partial charge in [0.2, 0.25) is 0 Å². The SMILES string of the molecule is CC(Nc1cc(I)ccc1Cl)C1CCN(C)CC1. The number of anilines is 1. The van der Waals surface area contributed by atoms with E-state index in [0.29, 0.717) is 6.04 Å². The summed E-state index contributed by atoms with van der Waals surface area (Å²) < 4.78 is 1.22. The van der Waals surface area contributed by atoms with Gasteiger partial charge < -0.3 is 10.2 Å². The third-order valence-corrected chi connectivity index (χ3v) is 4.78. The second-order valence-electron chi connectivity index (χ2n) is 5.20. The maximum Gasteiger partial charge on any atom is 0.0638 e. The molecular weight excluding hydrogens is 359 g/mol. The van der Waals surface area contributed by atoms with Gasteiger partial charge in [-0.2, -0.15) is 0 Å². The molecule has 0 bridgehead atoms. The van der Waals surface area contributed by atoms with E-state index in [2.05, 4.69) is 52.8 Å². The highest BCUT2D eigenvalue weighted by Gasteiger charge is 2.22. The Morgan fingerprint density at radius 2 is 2.06 bits per heavy atom. The van der Waals surface area contributed by atoms with Crippen LogP contribution in [0.5, 0.6) is 0 Å². The third kappa shape index (κ3) is 3.75. The van der Waals surface area contributed by atoms with E-state index < -0.39 is 0 Å². The average molecular weight is 379 g/mol. The summed E-state index contributed by atoms with van der Waals surface area (Å²) in [7, 11) is 2.20. The van der Waals surface area contributed by atoms with Crippen molar-refractivity contribution in [1.29, 1.82) is 0 Å². The molecule has 0 aliphatic carbocycles. The van der Waals surface area contributed by atoms with Gasteiger partial charge in [-0.1, -0.05) is 11.6 Å². The number of piperidine rings is 1. The summed E-state index contributed by atoms with van der Waals surface area (Å²) in [5, 5.41) is 4.40. The summed E-state index contributed by atoms with van der Waals surface area (Å²) in [5.41, 5.74) is 1.06. The molecular formula is C14H20ClIN2. The molecule has 1 aliphatic heterocycles. The number of nitrogens with one attached hydrogen (secondary N) is 1.